The van der Waals surface area contributed by atoms with Crippen molar-refractivity contribution in [2.45, 2.75) is 25.6 Å². The summed E-state index contributed by atoms with van der Waals surface area (Å²) in [6, 6.07) is 9.77. The van der Waals surface area contributed by atoms with Crippen LogP contribution >= 0.6 is 0 Å². The molecule has 3 rings (SSSR count). The van der Waals surface area contributed by atoms with Gasteiger partial charge in [0.1, 0.15) is 11.5 Å². The number of aryl methyl sites for hydroxylation is 1. The van der Waals surface area contributed by atoms with E-state index in [4.69, 9.17) is 5.73 Å². The Bertz CT molecular complexity index is 1280. The smallest absolute Gasteiger partial charge is 0.273 e. The number of rotatable bonds is 8. The molecule has 5 N–H and O–H groups in total. The lowest BCUT2D eigenvalue weighted by Crippen LogP contribution is -2.33. The Morgan fingerprint density at radius 1 is 1.25 bits per heavy atom. The van der Waals surface area contributed by atoms with Crippen molar-refractivity contribution in [2.75, 3.05) is 11.3 Å². The van der Waals surface area contributed by atoms with Gasteiger partial charge >= 0.3 is 0 Å². The molecule has 1 unspecified atom stereocenters. The number of H-pyrrole nitrogens is 1. The number of hydrogen-bond acceptors (Lipinski definition) is 6. The molecule has 1 amide bonds. The molecule has 1 aliphatic rings. The highest BCUT2D eigenvalue weighted by Gasteiger charge is 2.28. The van der Waals surface area contributed by atoms with Crippen LogP contribution in [0.2, 0.25) is 0 Å². The number of sulfonamides is 1. The van der Waals surface area contributed by atoms with Gasteiger partial charge in [0.25, 0.3) is 5.56 Å². The van der Waals surface area contributed by atoms with Crippen LogP contribution in [0.25, 0.3) is 5.57 Å². The molecule has 0 bridgehead atoms. The fourth-order valence-electron chi connectivity index (χ4n) is 3.55. The first-order valence-corrected chi connectivity index (χ1v) is 11.5. The van der Waals surface area contributed by atoms with Crippen LogP contribution in [0.15, 0.2) is 63.9 Å². The summed E-state index contributed by atoms with van der Waals surface area (Å²) in [5.41, 5.74) is 8.43. The van der Waals surface area contributed by atoms with Crippen molar-refractivity contribution in [3.8, 4) is 0 Å². The van der Waals surface area contributed by atoms with Crippen LogP contribution in [-0.4, -0.2) is 38.2 Å². The number of hydrogen-bond donors (Lipinski definition) is 4. The van der Waals surface area contributed by atoms with E-state index in [2.05, 4.69) is 26.6 Å². The molecule has 0 saturated heterocycles. The van der Waals surface area contributed by atoms with Crippen molar-refractivity contribution in [1.82, 2.24) is 10.3 Å². The van der Waals surface area contributed by atoms with Crippen molar-refractivity contribution in [3.63, 3.8) is 0 Å². The maximum absolute atomic E-state index is 12.9. The fourth-order valence-corrected chi connectivity index (χ4v) is 4.77. The quantitative estimate of drug-likeness (QED) is 0.445. The molecule has 1 aromatic heterocycles. The number of anilines is 1. The van der Waals surface area contributed by atoms with Gasteiger partial charge in [-0.2, -0.15) is 0 Å². The summed E-state index contributed by atoms with van der Waals surface area (Å²) < 4.78 is 28.2. The maximum atomic E-state index is 12.9. The Labute approximate surface area is 186 Å². The predicted molar refractivity (Wildman–Crippen MR) is 126 cm³/mol. The van der Waals surface area contributed by atoms with Gasteiger partial charge in [0.15, 0.2) is 0 Å². The number of carbonyl (C=O) groups excluding carboxylic acids is 1. The average molecular weight is 456 g/mol. The Hall–Kier alpha value is -3.66. The standard InChI is InChI=1S/C22H25N5O4S/c1-13-9-17(19-14(2)18(10-24-12-28)26-21(23)15(19)3)20(22(29)25-13)27-32(30,31)11-16-7-5-4-6-8-16/h4-9,12,18,27H,2,10-11H2,1,3H3,(H2,23,26)(H,24,28)(H,25,29). The number of aromatic amines is 1. The van der Waals surface area contributed by atoms with Gasteiger partial charge in [0.2, 0.25) is 16.4 Å². The van der Waals surface area contributed by atoms with Crippen LogP contribution in [-0.2, 0) is 20.6 Å². The molecular formula is C22H25N5O4S. The SMILES string of the molecule is C=C1C(c2cc(C)[nH]c(=O)c2NS(=O)(=O)Cc2ccccc2)=C(C)C(N)=NC1CNC=O. The Kier molecular flexibility index (Phi) is 6.64. The van der Waals surface area contributed by atoms with Gasteiger partial charge in [0, 0.05) is 17.8 Å². The monoisotopic (exact) mass is 455 g/mol. The van der Waals surface area contributed by atoms with Crippen molar-refractivity contribution in [2.24, 2.45) is 10.7 Å². The molecule has 1 atom stereocenters. The normalized spacial score (nSPS) is 16.5. The van der Waals surface area contributed by atoms with Crippen LogP contribution < -0.4 is 21.3 Å². The van der Waals surface area contributed by atoms with Crippen LogP contribution in [0.5, 0.6) is 0 Å². The summed E-state index contributed by atoms with van der Waals surface area (Å²) >= 11 is 0. The minimum atomic E-state index is -3.90. The second-order valence-corrected chi connectivity index (χ2v) is 9.22. The largest absolute Gasteiger partial charge is 0.384 e. The molecule has 1 aromatic carbocycles. The number of nitrogens with two attached hydrogens (primary N) is 1. The zero-order valence-electron chi connectivity index (χ0n) is 17.8. The molecular weight excluding hydrogens is 430 g/mol. The number of dihydropyridines is 1. The molecule has 2 aromatic rings. The molecule has 1 aliphatic heterocycles. The van der Waals surface area contributed by atoms with Crippen molar-refractivity contribution in [3.05, 3.63) is 81.3 Å². The van der Waals surface area contributed by atoms with Crippen molar-refractivity contribution in [1.29, 1.82) is 0 Å². The van der Waals surface area contributed by atoms with Crippen LogP contribution in [0.1, 0.15) is 23.7 Å². The van der Waals surface area contributed by atoms with E-state index in [-0.39, 0.29) is 23.8 Å². The lowest BCUT2D eigenvalue weighted by atomic mass is 9.87. The first-order valence-electron chi connectivity index (χ1n) is 9.82. The highest BCUT2D eigenvalue weighted by Crippen LogP contribution is 2.35. The topological polar surface area (TPSA) is 147 Å². The minimum absolute atomic E-state index is 0.126. The molecule has 0 fully saturated rings. The third-order valence-corrected chi connectivity index (χ3v) is 6.29. The van der Waals surface area contributed by atoms with E-state index >= 15 is 0 Å². The third-order valence-electron chi connectivity index (χ3n) is 5.07. The maximum Gasteiger partial charge on any atom is 0.273 e. The molecule has 0 aliphatic carbocycles. The molecule has 2 heterocycles. The van der Waals surface area contributed by atoms with Crippen LogP contribution in [0.3, 0.4) is 0 Å². The lowest BCUT2D eigenvalue weighted by molar-refractivity contribution is -0.109. The third kappa shape index (κ3) is 4.97. The van der Waals surface area contributed by atoms with E-state index in [1.54, 1.807) is 50.2 Å². The molecule has 9 nitrogen and oxygen atoms in total. The number of nitrogens with one attached hydrogen (secondary N) is 3. The second-order valence-electron chi connectivity index (χ2n) is 7.50. The Morgan fingerprint density at radius 2 is 1.94 bits per heavy atom. The zero-order valence-corrected chi connectivity index (χ0v) is 18.6. The Balaban J connectivity index is 2.09. The van der Waals surface area contributed by atoms with Gasteiger partial charge in [0.05, 0.1) is 11.8 Å². The molecule has 0 radical (unpaired) electrons. The summed E-state index contributed by atoms with van der Waals surface area (Å²) in [7, 11) is -3.90. The molecule has 168 valence electrons. The summed E-state index contributed by atoms with van der Waals surface area (Å²) in [6.45, 7) is 7.67. The summed E-state index contributed by atoms with van der Waals surface area (Å²) in [5.74, 6) is -0.0733. The van der Waals surface area contributed by atoms with E-state index in [1.807, 2.05) is 0 Å². The zero-order chi connectivity index (χ0) is 23.5. The van der Waals surface area contributed by atoms with Gasteiger partial charge in [-0.3, -0.25) is 19.3 Å². The van der Waals surface area contributed by atoms with Crippen molar-refractivity contribution < 1.29 is 13.2 Å². The summed E-state index contributed by atoms with van der Waals surface area (Å²) in [4.78, 5) is 30.6. The number of carbonyl (C=O) groups is 1. The van der Waals surface area contributed by atoms with Crippen LogP contribution in [0, 0.1) is 6.92 Å². The first-order chi connectivity index (χ1) is 15.1. The van der Waals surface area contributed by atoms with E-state index in [0.29, 0.717) is 40.0 Å². The minimum Gasteiger partial charge on any atom is -0.384 e. The second kappa shape index (κ2) is 9.23. The summed E-state index contributed by atoms with van der Waals surface area (Å²) in [6.07, 6.45) is 0.546. The van der Waals surface area contributed by atoms with Gasteiger partial charge in [-0.1, -0.05) is 36.9 Å². The number of benzene rings is 1. The van der Waals surface area contributed by atoms with E-state index < -0.39 is 21.6 Å². The van der Waals surface area contributed by atoms with Gasteiger partial charge in [-0.25, -0.2) is 8.42 Å². The number of amides is 1. The fraction of sp³-hybridized carbons (Fsp3) is 0.227. The highest BCUT2D eigenvalue weighted by atomic mass is 32.2. The number of pyridine rings is 1. The number of amidine groups is 1. The van der Waals surface area contributed by atoms with Gasteiger partial charge in [-0.05, 0) is 42.2 Å². The number of nitrogens with zero attached hydrogens (tertiary/aromatic N) is 1. The summed E-state index contributed by atoms with van der Waals surface area (Å²) in [5, 5.41) is 2.55. The average Bonchev–Trinajstić information content (AvgIpc) is 2.72. The van der Waals surface area contributed by atoms with Gasteiger partial charge < -0.3 is 16.0 Å². The molecule has 0 saturated carbocycles. The number of aromatic nitrogens is 1. The first kappa shape index (κ1) is 23.0. The number of aliphatic imine (C=N–C) groups is 1. The Morgan fingerprint density at radius 3 is 2.59 bits per heavy atom. The van der Waals surface area contributed by atoms with E-state index in [0.717, 1.165) is 0 Å². The van der Waals surface area contributed by atoms with E-state index in [1.165, 1.54) is 0 Å². The van der Waals surface area contributed by atoms with Crippen molar-refractivity contribution >= 4 is 33.5 Å². The lowest BCUT2D eigenvalue weighted by Gasteiger charge is -2.27. The van der Waals surface area contributed by atoms with Crippen LogP contribution in [0.4, 0.5) is 5.69 Å². The molecule has 32 heavy (non-hydrogen) atoms. The van der Waals surface area contributed by atoms with Gasteiger partial charge in [-0.15, -0.1) is 0 Å². The molecule has 10 heteroatoms. The highest BCUT2D eigenvalue weighted by molar-refractivity contribution is 7.91. The predicted octanol–water partition coefficient (Wildman–Crippen LogP) is 1.44. The molecule has 0 spiro atoms. The van der Waals surface area contributed by atoms with E-state index in [9.17, 15) is 18.0 Å².